The Bertz CT molecular complexity index is 1160. The van der Waals surface area contributed by atoms with E-state index in [4.69, 9.17) is 4.42 Å². The lowest BCUT2D eigenvalue weighted by atomic mass is 9.90. The highest BCUT2D eigenvalue weighted by atomic mass is 16.3. The van der Waals surface area contributed by atoms with E-state index in [2.05, 4.69) is 91.7 Å². The fraction of sp³-hybridized carbons (Fsp3) is 0.240. The molecule has 0 fully saturated rings. The van der Waals surface area contributed by atoms with Crippen LogP contribution in [0.1, 0.15) is 26.3 Å². The summed E-state index contributed by atoms with van der Waals surface area (Å²) in [5.74, 6) is 0.903. The molecule has 0 atom stereocenters. The van der Waals surface area contributed by atoms with Crippen LogP contribution >= 0.6 is 0 Å². The van der Waals surface area contributed by atoms with Crippen molar-refractivity contribution in [3.63, 3.8) is 0 Å². The van der Waals surface area contributed by atoms with Crippen molar-refractivity contribution in [1.82, 2.24) is 0 Å². The first kappa shape index (κ1) is 18.3. The summed E-state index contributed by atoms with van der Waals surface area (Å²) in [4.78, 5) is 3.39. The zero-order valence-corrected chi connectivity index (χ0v) is 16.8. The van der Waals surface area contributed by atoms with Gasteiger partial charge in [0.2, 0.25) is 5.36 Å². The van der Waals surface area contributed by atoms with E-state index in [-0.39, 0.29) is 0 Å². The summed E-state index contributed by atoms with van der Waals surface area (Å²) in [6.45, 7) is 8.19. The maximum atomic E-state index is 6.38. The minimum absolute atomic E-state index is 0.884. The fourth-order valence-electron chi connectivity index (χ4n) is 3.88. The normalized spacial score (nSPS) is 12.0. The summed E-state index contributed by atoms with van der Waals surface area (Å²) in [6, 6.07) is 21.5. The fourth-order valence-corrected chi connectivity index (χ4v) is 3.88. The molecule has 4 rings (SSSR count). The molecule has 0 bridgehead atoms. The highest BCUT2D eigenvalue weighted by Crippen LogP contribution is 2.41. The molecule has 0 saturated heterocycles. The van der Waals surface area contributed by atoms with Crippen LogP contribution < -0.4 is 15.7 Å². The van der Waals surface area contributed by atoms with Crippen LogP contribution in [-0.4, -0.2) is 13.1 Å². The van der Waals surface area contributed by atoms with Crippen molar-refractivity contribution in [1.29, 1.82) is 0 Å². The highest BCUT2D eigenvalue weighted by Gasteiger charge is 2.19. The summed E-state index contributed by atoms with van der Waals surface area (Å²) in [6.07, 6.45) is 0.996. The first-order valence-corrected chi connectivity index (χ1v) is 10.1. The number of hydrogen-bond donors (Lipinski definition) is 2. The minimum atomic E-state index is 0.884. The number of fused-ring (bicyclic) bond motifs is 2. The van der Waals surface area contributed by atoms with Gasteiger partial charge < -0.3 is 9.73 Å². The Labute approximate surface area is 166 Å². The van der Waals surface area contributed by atoms with Gasteiger partial charge in [-0.15, -0.1) is 0 Å². The van der Waals surface area contributed by atoms with Gasteiger partial charge in [-0.05, 0) is 49.6 Å². The average Bonchev–Trinajstić information content (AvgIpc) is 2.72. The summed E-state index contributed by atoms with van der Waals surface area (Å²) >= 11 is 0. The molecule has 2 aromatic carbocycles. The summed E-state index contributed by atoms with van der Waals surface area (Å²) in [5.41, 5.74) is 7.01. The molecule has 2 aromatic rings. The predicted octanol–water partition coefficient (Wildman–Crippen LogP) is 4.20. The second-order valence-electron chi connectivity index (χ2n) is 6.97. The van der Waals surface area contributed by atoms with E-state index < -0.39 is 0 Å². The zero-order valence-electron chi connectivity index (χ0n) is 16.8. The Morgan fingerprint density at radius 2 is 1.75 bits per heavy atom. The van der Waals surface area contributed by atoms with Gasteiger partial charge in [-0.2, -0.15) is 0 Å². The predicted molar refractivity (Wildman–Crippen MR) is 116 cm³/mol. The molecule has 0 saturated carbocycles. The molecule has 0 unspecified atom stereocenters. The van der Waals surface area contributed by atoms with E-state index in [1.165, 1.54) is 16.7 Å². The monoisotopic (exact) mass is 371 g/mol. The Morgan fingerprint density at radius 1 is 0.893 bits per heavy atom. The van der Waals surface area contributed by atoms with Crippen molar-refractivity contribution in [2.24, 2.45) is 0 Å². The van der Waals surface area contributed by atoms with Crippen molar-refractivity contribution < 1.29 is 9.41 Å². The highest BCUT2D eigenvalue weighted by molar-refractivity contribution is 6.03. The third-order valence-electron chi connectivity index (χ3n) is 5.15. The number of benzene rings is 3. The van der Waals surface area contributed by atoms with Crippen molar-refractivity contribution in [2.45, 2.75) is 27.2 Å². The summed E-state index contributed by atoms with van der Waals surface area (Å²) < 4.78 is 6.38. The summed E-state index contributed by atoms with van der Waals surface area (Å²) in [7, 11) is 0. The molecule has 2 N–H and O–H groups in total. The van der Waals surface area contributed by atoms with Gasteiger partial charge >= 0.3 is 0 Å². The van der Waals surface area contributed by atoms with E-state index in [9.17, 15) is 0 Å². The number of nitrogens with one attached hydrogen (secondary N) is 2. The van der Waals surface area contributed by atoms with Gasteiger partial charge in [0.25, 0.3) is 0 Å². The van der Waals surface area contributed by atoms with Gasteiger partial charge in [-0.1, -0.05) is 31.2 Å². The lowest BCUT2D eigenvalue weighted by molar-refractivity contribution is -0.496. The van der Waals surface area contributed by atoms with E-state index in [1.807, 2.05) is 0 Å². The summed E-state index contributed by atoms with van der Waals surface area (Å²) in [5, 5.41) is 5.61. The molecule has 3 heteroatoms. The van der Waals surface area contributed by atoms with E-state index >= 15 is 0 Å². The molecule has 3 nitrogen and oxygen atoms in total. The molecular weight excluding hydrogens is 344 g/mol. The lowest BCUT2D eigenvalue weighted by Gasteiger charge is -2.17. The van der Waals surface area contributed by atoms with Gasteiger partial charge in [0, 0.05) is 40.9 Å². The third kappa shape index (κ3) is 3.29. The van der Waals surface area contributed by atoms with Gasteiger partial charge in [0.05, 0.1) is 6.07 Å². The molecule has 1 heterocycles. The van der Waals surface area contributed by atoms with E-state index in [1.54, 1.807) is 0 Å². The van der Waals surface area contributed by atoms with E-state index in [0.29, 0.717) is 0 Å². The molecule has 28 heavy (non-hydrogen) atoms. The van der Waals surface area contributed by atoms with Crippen LogP contribution in [0.15, 0.2) is 65.1 Å². The second kappa shape index (κ2) is 7.89. The van der Waals surface area contributed by atoms with Gasteiger partial charge in [-0.25, -0.2) is 4.99 Å². The Morgan fingerprint density at radius 3 is 2.54 bits per heavy atom. The first-order valence-electron chi connectivity index (χ1n) is 10.1. The SMILES string of the molecule is CCNc1ccc2c(-c3ccccc3CC)c3ccc(=[NH+]CC)cc-3oc2c1. The molecule has 0 amide bonds. The Hall–Kier alpha value is -3.07. The molecule has 0 aromatic heterocycles. The second-order valence-corrected chi connectivity index (χ2v) is 6.97. The Balaban J connectivity index is 2.11. The molecule has 2 aliphatic rings. The average molecular weight is 372 g/mol. The van der Waals surface area contributed by atoms with Crippen LogP contribution in [0.25, 0.3) is 33.4 Å². The van der Waals surface area contributed by atoms with Gasteiger partial charge in [0.15, 0.2) is 0 Å². The number of anilines is 1. The molecule has 0 radical (unpaired) electrons. The van der Waals surface area contributed by atoms with Crippen LogP contribution in [-0.2, 0) is 6.42 Å². The number of aryl methyl sites for hydroxylation is 1. The van der Waals surface area contributed by atoms with Crippen molar-refractivity contribution in [3.05, 3.63) is 71.6 Å². The molecule has 142 valence electrons. The molecule has 1 aliphatic heterocycles. The van der Waals surface area contributed by atoms with E-state index in [0.717, 1.165) is 52.8 Å². The maximum Gasteiger partial charge on any atom is 0.202 e. The van der Waals surface area contributed by atoms with Crippen LogP contribution in [0.3, 0.4) is 0 Å². The Kier molecular flexibility index (Phi) is 5.16. The van der Waals surface area contributed by atoms with Gasteiger partial charge in [-0.3, -0.25) is 0 Å². The first-order chi connectivity index (χ1) is 13.7. The molecule has 1 aliphatic carbocycles. The molecule has 0 spiro atoms. The quantitative estimate of drug-likeness (QED) is 0.516. The van der Waals surface area contributed by atoms with Crippen LogP contribution in [0.4, 0.5) is 5.69 Å². The van der Waals surface area contributed by atoms with Crippen LogP contribution in [0, 0.1) is 0 Å². The standard InChI is InChI=1S/C25H26N2O/c1-4-17-9-7-8-10-20(17)25-21-13-11-18(26-5-2)15-23(21)28-24-16-19(27-6-3)12-14-22(24)25/h7-16,26H,4-6H2,1-3H3/p+1. The van der Waals surface area contributed by atoms with Crippen molar-refractivity contribution in [3.8, 4) is 22.5 Å². The van der Waals surface area contributed by atoms with Gasteiger partial charge in [0.1, 0.15) is 17.9 Å². The maximum absolute atomic E-state index is 6.38. The largest absolute Gasteiger partial charge is 0.456 e. The topological polar surface area (TPSA) is 39.1 Å². The third-order valence-corrected chi connectivity index (χ3v) is 5.15. The number of hydrogen-bond acceptors (Lipinski definition) is 2. The smallest absolute Gasteiger partial charge is 0.202 e. The van der Waals surface area contributed by atoms with Crippen molar-refractivity contribution >= 4 is 16.7 Å². The van der Waals surface area contributed by atoms with Crippen LogP contribution in [0.5, 0.6) is 0 Å². The zero-order chi connectivity index (χ0) is 19.5. The molecular formula is C25H27N2O+. The number of rotatable bonds is 5. The van der Waals surface area contributed by atoms with Crippen LogP contribution in [0.2, 0.25) is 0 Å². The van der Waals surface area contributed by atoms with Crippen molar-refractivity contribution in [2.75, 3.05) is 18.4 Å². The lowest BCUT2D eigenvalue weighted by Crippen LogP contribution is -2.75. The minimum Gasteiger partial charge on any atom is -0.456 e.